The molecule has 0 amide bonds. The summed E-state index contributed by atoms with van der Waals surface area (Å²) < 4.78 is 7.42. The van der Waals surface area contributed by atoms with E-state index in [9.17, 15) is 4.79 Å². The van der Waals surface area contributed by atoms with E-state index in [1.54, 1.807) is 27.7 Å². The lowest BCUT2D eigenvalue weighted by molar-refractivity contribution is 0.340. The molecule has 0 saturated heterocycles. The number of ether oxygens (including phenoxy) is 1. The molecule has 5 rings (SSSR count). The van der Waals surface area contributed by atoms with Crippen LogP contribution in [0.2, 0.25) is 0 Å². The van der Waals surface area contributed by atoms with Crippen LogP contribution in [-0.2, 0) is 24.0 Å². The summed E-state index contributed by atoms with van der Waals surface area (Å²) in [6.45, 7) is 9.27. The molecule has 0 bridgehead atoms. The Morgan fingerprint density at radius 1 is 1.03 bits per heavy atom. The summed E-state index contributed by atoms with van der Waals surface area (Å²) in [7, 11) is 0. The maximum Gasteiger partial charge on any atom is 0.267 e. The van der Waals surface area contributed by atoms with Crippen molar-refractivity contribution in [1.29, 1.82) is 0 Å². The van der Waals surface area contributed by atoms with Crippen LogP contribution in [0.5, 0.6) is 5.75 Å². The molecule has 2 heterocycles. The quantitative estimate of drug-likeness (QED) is 0.204. The summed E-state index contributed by atoms with van der Waals surface area (Å²) in [6.07, 6.45) is 4.37. The molecule has 182 valence electrons. The van der Waals surface area contributed by atoms with Crippen molar-refractivity contribution >= 4 is 33.3 Å². The third kappa shape index (κ3) is 4.91. The Hall–Kier alpha value is -2.57. The first-order valence-electron chi connectivity index (χ1n) is 12.4. The van der Waals surface area contributed by atoms with Crippen molar-refractivity contribution in [2.75, 3.05) is 6.61 Å². The molecule has 4 aromatic rings. The van der Waals surface area contributed by atoms with E-state index in [2.05, 4.69) is 45.0 Å². The van der Waals surface area contributed by atoms with E-state index < -0.39 is 0 Å². The van der Waals surface area contributed by atoms with Crippen LogP contribution in [0.15, 0.2) is 58.5 Å². The molecular formula is C29H32N2O2S2. The van der Waals surface area contributed by atoms with E-state index >= 15 is 0 Å². The van der Waals surface area contributed by atoms with Gasteiger partial charge in [0, 0.05) is 10.6 Å². The number of rotatable bonds is 6. The van der Waals surface area contributed by atoms with Gasteiger partial charge in [-0.05, 0) is 79.0 Å². The monoisotopic (exact) mass is 504 g/mol. The highest BCUT2D eigenvalue weighted by Gasteiger charge is 2.23. The van der Waals surface area contributed by atoms with Crippen molar-refractivity contribution in [3.63, 3.8) is 0 Å². The van der Waals surface area contributed by atoms with Gasteiger partial charge < -0.3 is 4.74 Å². The van der Waals surface area contributed by atoms with Crippen LogP contribution >= 0.6 is 23.1 Å². The first-order valence-corrected chi connectivity index (χ1v) is 14.2. The summed E-state index contributed by atoms with van der Waals surface area (Å²) in [6, 6.07) is 16.6. The van der Waals surface area contributed by atoms with E-state index in [0.717, 1.165) is 51.8 Å². The molecule has 2 aromatic heterocycles. The molecule has 0 unspecified atom stereocenters. The Bertz CT molecular complexity index is 1390. The molecular weight excluding hydrogens is 472 g/mol. The van der Waals surface area contributed by atoms with Gasteiger partial charge in [-0.1, -0.05) is 56.8 Å². The zero-order valence-electron chi connectivity index (χ0n) is 20.9. The van der Waals surface area contributed by atoms with Gasteiger partial charge in [-0.3, -0.25) is 9.36 Å². The van der Waals surface area contributed by atoms with Gasteiger partial charge in [-0.2, -0.15) is 0 Å². The van der Waals surface area contributed by atoms with Gasteiger partial charge in [0.05, 0.1) is 17.7 Å². The molecule has 0 radical (unpaired) electrons. The SMILES string of the molecule is CCOc1ccc(-n2c(SCc3ccc(C(C)(C)C)cc3)nc3sc4c(c3c2=O)CCCC4)cc1. The fraction of sp³-hybridized carbons (Fsp3) is 0.379. The van der Waals surface area contributed by atoms with Crippen LogP contribution in [0, 0.1) is 0 Å². The fourth-order valence-electron chi connectivity index (χ4n) is 4.62. The van der Waals surface area contributed by atoms with Gasteiger partial charge in [0.2, 0.25) is 0 Å². The Labute approximate surface area is 215 Å². The number of benzene rings is 2. The summed E-state index contributed by atoms with van der Waals surface area (Å²) >= 11 is 3.33. The van der Waals surface area contributed by atoms with Crippen molar-refractivity contribution in [2.24, 2.45) is 0 Å². The third-order valence-electron chi connectivity index (χ3n) is 6.55. The highest BCUT2D eigenvalue weighted by Crippen LogP contribution is 2.36. The molecule has 0 spiro atoms. The summed E-state index contributed by atoms with van der Waals surface area (Å²) in [5.74, 6) is 1.56. The van der Waals surface area contributed by atoms with E-state index in [-0.39, 0.29) is 11.0 Å². The summed E-state index contributed by atoms with van der Waals surface area (Å²) in [5, 5.41) is 1.56. The van der Waals surface area contributed by atoms with Gasteiger partial charge in [0.1, 0.15) is 10.6 Å². The minimum absolute atomic E-state index is 0.0455. The summed E-state index contributed by atoms with van der Waals surface area (Å²) in [4.78, 5) is 21.2. The minimum Gasteiger partial charge on any atom is -0.494 e. The molecule has 0 saturated carbocycles. The topological polar surface area (TPSA) is 44.1 Å². The Morgan fingerprint density at radius 2 is 1.74 bits per heavy atom. The van der Waals surface area contributed by atoms with Gasteiger partial charge in [-0.25, -0.2) is 4.98 Å². The smallest absolute Gasteiger partial charge is 0.267 e. The normalized spacial score (nSPS) is 13.7. The Morgan fingerprint density at radius 3 is 2.43 bits per heavy atom. The van der Waals surface area contributed by atoms with Crippen LogP contribution < -0.4 is 10.3 Å². The molecule has 35 heavy (non-hydrogen) atoms. The van der Waals surface area contributed by atoms with Crippen molar-refractivity contribution in [3.05, 3.63) is 80.5 Å². The van der Waals surface area contributed by atoms with Gasteiger partial charge in [0.25, 0.3) is 5.56 Å². The predicted molar refractivity (Wildman–Crippen MR) is 148 cm³/mol. The van der Waals surface area contributed by atoms with E-state index in [4.69, 9.17) is 9.72 Å². The number of nitrogens with zero attached hydrogens (tertiary/aromatic N) is 2. The van der Waals surface area contributed by atoms with Gasteiger partial charge in [0.15, 0.2) is 5.16 Å². The lowest BCUT2D eigenvalue weighted by Gasteiger charge is -2.19. The second-order valence-electron chi connectivity index (χ2n) is 10.1. The number of thioether (sulfide) groups is 1. The molecule has 0 atom stereocenters. The molecule has 6 heteroatoms. The number of aromatic nitrogens is 2. The first-order chi connectivity index (χ1) is 16.8. The minimum atomic E-state index is 0.0455. The third-order valence-corrected chi connectivity index (χ3v) is 8.75. The van der Waals surface area contributed by atoms with Crippen molar-refractivity contribution < 1.29 is 4.74 Å². The largest absolute Gasteiger partial charge is 0.494 e. The van der Waals surface area contributed by atoms with Gasteiger partial charge >= 0.3 is 0 Å². The summed E-state index contributed by atoms with van der Waals surface area (Å²) in [5.41, 5.74) is 4.77. The van der Waals surface area contributed by atoms with Crippen LogP contribution in [0.4, 0.5) is 0 Å². The number of thiophene rings is 1. The second-order valence-corrected chi connectivity index (χ2v) is 12.1. The van der Waals surface area contributed by atoms with Crippen LogP contribution in [0.1, 0.15) is 62.1 Å². The zero-order chi connectivity index (χ0) is 24.6. The lowest BCUT2D eigenvalue weighted by Crippen LogP contribution is -2.22. The molecule has 0 aliphatic heterocycles. The molecule has 0 fully saturated rings. The van der Waals surface area contributed by atoms with Crippen molar-refractivity contribution in [2.45, 2.75) is 69.7 Å². The highest BCUT2D eigenvalue weighted by molar-refractivity contribution is 7.98. The molecule has 0 N–H and O–H groups in total. The van der Waals surface area contributed by atoms with Crippen molar-refractivity contribution in [1.82, 2.24) is 9.55 Å². The average Bonchev–Trinajstić information content (AvgIpc) is 3.22. The van der Waals surface area contributed by atoms with Crippen LogP contribution in [0.25, 0.3) is 15.9 Å². The number of hydrogen-bond donors (Lipinski definition) is 0. The van der Waals surface area contributed by atoms with Crippen LogP contribution in [-0.4, -0.2) is 16.2 Å². The molecule has 1 aliphatic rings. The predicted octanol–water partition coefficient (Wildman–Crippen LogP) is 7.31. The molecule has 1 aliphatic carbocycles. The van der Waals surface area contributed by atoms with E-state index in [0.29, 0.717) is 6.61 Å². The Balaban J connectivity index is 1.56. The zero-order valence-corrected chi connectivity index (χ0v) is 22.5. The maximum absolute atomic E-state index is 13.9. The van der Waals surface area contributed by atoms with Crippen molar-refractivity contribution in [3.8, 4) is 11.4 Å². The van der Waals surface area contributed by atoms with Crippen LogP contribution in [0.3, 0.4) is 0 Å². The Kier molecular flexibility index (Phi) is 6.78. The second kappa shape index (κ2) is 9.82. The number of hydrogen-bond acceptors (Lipinski definition) is 5. The maximum atomic E-state index is 13.9. The van der Waals surface area contributed by atoms with Gasteiger partial charge in [-0.15, -0.1) is 11.3 Å². The fourth-order valence-corrected chi connectivity index (χ4v) is 6.89. The first kappa shape index (κ1) is 24.1. The van der Waals surface area contributed by atoms with E-state index in [1.807, 2.05) is 31.2 Å². The standard InChI is InChI=1S/C29H32N2O2S2/c1-5-33-22-16-14-21(15-17-22)31-27(32)25-23-8-6-7-9-24(23)35-26(25)30-28(31)34-18-19-10-12-20(13-11-19)29(2,3)4/h10-17H,5-9,18H2,1-4H3. The average molecular weight is 505 g/mol. The highest BCUT2D eigenvalue weighted by atomic mass is 32.2. The molecule has 4 nitrogen and oxygen atoms in total. The molecule has 2 aromatic carbocycles. The number of aryl methyl sites for hydroxylation is 2. The number of fused-ring (bicyclic) bond motifs is 3. The van der Waals surface area contributed by atoms with E-state index in [1.165, 1.54) is 28.0 Å². The lowest BCUT2D eigenvalue weighted by atomic mass is 9.87.